The van der Waals surface area contributed by atoms with Crippen molar-refractivity contribution in [2.75, 3.05) is 25.2 Å². The summed E-state index contributed by atoms with van der Waals surface area (Å²) in [6, 6.07) is 19.5. The van der Waals surface area contributed by atoms with Gasteiger partial charge in [0.25, 0.3) is 5.91 Å². The largest absolute Gasteiger partial charge is 0.496 e. The van der Waals surface area contributed by atoms with Gasteiger partial charge in [0.1, 0.15) is 18.1 Å². The first-order valence-corrected chi connectivity index (χ1v) is 9.57. The van der Waals surface area contributed by atoms with E-state index in [-0.39, 0.29) is 5.91 Å². The zero-order valence-electron chi connectivity index (χ0n) is 15.0. The molecule has 1 aliphatic rings. The first-order valence-electron chi connectivity index (χ1n) is 8.75. The number of fused-ring (bicyclic) bond motifs is 1. The second kappa shape index (κ2) is 7.72. The van der Waals surface area contributed by atoms with E-state index in [4.69, 9.17) is 9.47 Å². The highest BCUT2D eigenvalue weighted by molar-refractivity contribution is 7.18. The summed E-state index contributed by atoms with van der Waals surface area (Å²) in [4.78, 5) is 15.5. The molecule has 2 aromatic carbocycles. The van der Waals surface area contributed by atoms with Crippen LogP contribution in [0.15, 0.2) is 60.7 Å². The van der Waals surface area contributed by atoms with Crippen molar-refractivity contribution in [1.29, 1.82) is 0 Å². The molecule has 27 heavy (non-hydrogen) atoms. The van der Waals surface area contributed by atoms with Crippen molar-refractivity contribution in [3.8, 4) is 11.5 Å². The number of thiophene rings is 1. The van der Waals surface area contributed by atoms with Crippen LogP contribution >= 0.6 is 11.3 Å². The third kappa shape index (κ3) is 3.61. The Balaban J connectivity index is 1.47. The third-order valence-corrected chi connectivity index (χ3v) is 5.55. The van der Waals surface area contributed by atoms with Crippen molar-refractivity contribution in [3.63, 3.8) is 0 Å². The Morgan fingerprint density at radius 1 is 1.15 bits per heavy atom. The van der Waals surface area contributed by atoms with Gasteiger partial charge in [-0.3, -0.25) is 4.79 Å². The molecule has 0 saturated heterocycles. The first-order chi connectivity index (χ1) is 13.3. The predicted molar refractivity (Wildman–Crippen MR) is 107 cm³/mol. The molecule has 0 atom stereocenters. The lowest BCUT2D eigenvalue weighted by Gasteiger charge is -2.29. The smallest absolute Gasteiger partial charge is 0.261 e. The molecular formula is C21H20N2O3S. The number of hydrogen-bond donors (Lipinski definition) is 1. The maximum atomic E-state index is 12.6. The molecule has 0 fully saturated rings. The van der Waals surface area contributed by atoms with Crippen LogP contribution in [-0.2, 0) is 6.54 Å². The van der Waals surface area contributed by atoms with Gasteiger partial charge in [0.15, 0.2) is 0 Å². The molecule has 0 aliphatic carbocycles. The van der Waals surface area contributed by atoms with Gasteiger partial charge in [-0.2, -0.15) is 0 Å². The van der Waals surface area contributed by atoms with E-state index in [1.54, 1.807) is 7.11 Å². The number of methoxy groups -OCH3 is 1. The van der Waals surface area contributed by atoms with Gasteiger partial charge in [-0.1, -0.05) is 30.3 Å². The minimum atomic E-state index is -0.0845. The van der Waals surface area contributed by atoms with Gasteiger partial charge in [-0.25, -0.2) is 0 Å². The zero-order valence-corrected chi connectivity index (χ0v) is 15.8. The summed E-state index contributed by atoms with van der Waals surface area (Å²) in [6.07, 6.45) is 0. The Bertz CT molecular complexity index is 954. The highest BCUT2D eigenvalue weighted by Gasteiger charge is 2.21. The number of anilines is 2. The number of carbonyl (C=O) groups is 1. The van der Waals surface area contributed by atoms with Gasteiger partial charge in [0.2, 0.25) is 0 Å². The standard InChI is InChI=1S/C21H20N2O3S/c1-25-17-8-4-2-6-15(17)14-22-21(24)19-10-11-20(27-19)23-12-13-26-18-9-5-3-7-16(18)23/h2-11H,12-14H2,1H3,(H,22,24). The predicted octanol–water partition coefficient (Wildman–Crippen LogP) is 4.22. The third-order valence-electron chi connectivity index (χ3n) is 4.44. The van der Waals surface area contributed by atoms with E-state index < -0.39 is 0 Å². The van der Waals surface area contributed by atoms with Crippen LogP contribution < -0.4 is 19.7 Å². The lowest BCUT2D eigenvalue weighted by atomic mass is 10.2. The van der Waals surface area contributed by atoms with Crippen LogP contribution in [0.3, 0.4) is 0 Å². The molecule has 5 nitrogen and oxygen atoms in total. The fraction of sp³-hybridized carbons (Fsp3) is 0.190. The Morgan fingerprint density at radius 3 is 2.85 bits per heavy atom. The van der Waals surface area contributed by atoms with Crippen molar-refractivity contribution in [1.82, 2.24) is 5.32 Å². The van der Waals surface area contributed by atoms with Crippen molar-refractivity contribution in [2.45, 2.75) is 6.54 Å². The molecule has 1 N–H and O–H groups in total. The Kier molecular flexibility index (Phi) is 4.98. The van der Waals surface area contributed by atoms with Gasteiger partial charge in [-0.05, 0) is 30.3 Å². The summed E-state index contributed by atoms with van der Waals surface area (Å²) in [6.45, 7) is 1.82. The van der Waals surface area contributed by atoms with Crippen LogP contribution in [0, 0.1) is 0 Å². The summed E-state index contributed by atoms with van der Waals surface area (Å²) >= 11 is 1.48. The molecule has 0 spiro atoms. The lowest BCUT2D eigenvalue weighted by Crippen LogP contribution is -2.27. The van der Waals surface area contributed by atoms with E-state index in [0.717, 1.165) is 34.3 Å². The summed E-state index contributed by atoms with van der Waals surface area (Å²) in [7, 11) is 1.63. The molecule has 3 aromatic rings. The van der Waals surface area contributed by atoms with Crippen LogP contribution in [-0.4, -0.2) is 26.2 Å². The van der Waals surface area contributed by atoms with Crippen LogP contribution in [0.25, 0.3) is 0 Å². The molecule has 138 valence electrons. The lowest BCUT2D eigenvalue weighted by molar-refractivity contribution is 0.0954. The van der Waals surface area contributed by atoms with E-state index in [0.29, 0.717) is 18.0 Å². The van der Waals surface area contributed by atoms with Crippen LogP contribution in [0.4, 0.5) is 10.7 Å². The second-order valence-corrected chi connectivity index (χ2v) is 7.16. The normalized spacial score (nSPS) is 12.9. The Morgan fingerprint density at radius 2 is 1.96 bits per heavy atom. The molecule has 6 heteroatoms. The highest BCUT2D eigenvalue weighted by Crippen LogP contribution is 2.39. The number of amides is 1. The number of nitrogens with one attached hydrogen (secondary N) is 1. The molecule has 0 radical (unpaired) electrons. The van der Waals surface area contributed by atoms with Crippen LogP contribution in [0.5, 0.6) is 11.5 Å². The van der Waals surface area contributed by atoms with E-state index in [1.165, 1.54) is 11.3 Å². The van der Waals surface area contributed by atoms with Crippen LogP contribution in [0.2, 0.25) is 0 Å². The van der Waals surface area contributed by atoms with Crippen molar-refractivity contribution in [3.05, 3.63) is 71.1 Å². The van der Waals surface area contributed by atoms with Gasteiger partial charge in [-0.15, -0.1) is 11.3 Å². The number of hydrogen-bond acceptors (Lipinski definition) is 5. The number of benzene rings is 2. The minimum Gasteiger partial charge on any atom is -0.496 e. The highest BCUT2D eigenvalue weighted by atomic mass is 32.1. The molecule has 1 aromatic heterocycles. The number of nitrogens with zero attached hydrogens (tertiary/aromatic N) is 1. The SMILES string of the molecule is COc1ccccc1CNC(=O)c1ccc(N2CCOc3ccccc32)s1. The van der Waals surface area contributed by atoms with E-state index >= 15 is 0 Å². The van der Waals surface area contributed by atoms with Gasteiger partial charge in [0.05, 0.1) is 29.2 Å². The first kappa shape index (κ1) is 17.4. The molecule has 1 aliphatic heterocycles. The monoisotopic (exact) mass is 380 g/mol. The number of ether oxygens (including phenoxy) is 2. The number of rotatable bonds is 5. The summed E-state index contributed by atoms with van der Waals surface area (Å²) in [5.74, 6) is 1.56. The molecule has 4 rings (SSSR count). The second-order valence-electron chi connectivity index (χ2n) is 6.10. The maximum absolute atomic E-state index is 12.6. The van der Waals surface area contributed by atoms with Crippen LogP contribution in [0.1, 0.15) is 15.2 Å². The Hall–Kier alpha value is -2.99. The van der Waals surface area contributed by atoms with E-state index in [9.17, 15) is 4.79 Å². The fourth-order valence-electron chi connectivity index (χ4n) is 3.10. The van der Waals surface area contributed by atoms with Crippen molar-refractivity contribution < 1.29 is 14.3 Å². The molecule has 0 bridgehead atoms. The van der Waals surface area contributed by atoms with Gasteiger partial charge >= 0.3 is 0 Å². The van der Waals surface area contributed by atoms with Gasteiger partial charge < -0.3 is 19.7 Å². The number of para-hydroxylation sites is 3. The molecule has 0 unspecified atom stereocenters. The Labute approximate surface area is 162 Å². The average molecular weight is 380 g/mol. The topological polar surface area (TPSA) is 50.8 Å². The molecule has 1 amide bonds. The zero-order chi connectivity index (χ0) is 18.6. The number of carbonyl (C=O) groups excluding carboxylic acids is 1. The molecule has 2 heterocycles. The van der Waals surface area contributed by atoms with Gasteiger partial charge in [0, 0.05) is 12.1 Å². The fourth-order valence-corrected chi connectivity index (χ4v) is 4.07. The average Bonchev–Trinajstić information content (AvgIpc) is 3.22. The van der Waals surface area contributed by atoms with E-state index in [2.05, 4.69) is 10.2 Å². The summed E-state index contributed by atoms with van der Waals surface area (Å²) in [5, 5.41) is 4.01. The quantitative estimate of drug-likeness (QED) is 0.720. The molecular weight excluding hydrogens is 360 g/mol. The molecule has 0 saturated carbocycles. The minimum absolute atomic E-state index is 0.0845. The van der Waals surface area contributed by atoms with Crippen molar-refractivity contribution >= 4 is 27.9 Å². The maximum Gasteiger partial charge on any atom is 0.261 e. The summed E-state index contributed by atoms with van der Waals surface area (Å²) in [5.41, 5.74) is 1.99. The van der Waals surface area contributed by atoms with Crippen molar-refractivity contribution in [2.24, 2.45) is 0 Å². The van der Waals surface area contributed by atoms with E-state index in [1.807, 2.05) is 60.7 Å². The summed E-state index contributed by atoms with van der Waals surface area (Å²) < 4.78 is 11.0.